The van der Waals surface area contributed by atoms with E-state index in [4.69, 9.17) is 4.74 Å². The van der Waals surface area contributed by atoms with Crippen LogP contribution in [0, 0.1) is 10.1 Å². The van der Waals surface area contributed by atoms with Crippen molar-refractivity contribution < 1.29 is 9.66 Å². The number of hydrogen-bond acceptors (Lipinski definition) is 6. The number of pyridine rings is 1. The van der Waals surface area contributed by atoms with E-state index in [2.05, 4.69) is 15.4 Å². The minimum atomic E-state index is -0.544. The lowest BCUT2D eigenvalue weighted by Gasteiger charge is -2.05. The van der Waals surface area contributed by atoms with E-state index in [1.807, 2.05) is 0 Å². The Hall–Kier alpha value is -2.64. The standard InChI is InChI=1S/C10H11N5O3/c1-11-9-4-3-8(15(16)17)10(13-9)18-7-5-12-14(2)6-7/h3-6H,1-2H3,(H,11,13). The summed E-state index contributed by atoms with van der Waals surface area (Å²) < 4.78 is 6.89. The summed E-state index contributed by atoms with van der Waals surface area (Å²) >= 11 is 0. The second-order valence-electron chi connectivity index (χ2n) is 3.48. The molecule has 0 unspecified atom stereocenters. The van der Waals surface area contributed by atoms with Gasteiger partial charge in [-0.3, -0.25) is 14.8 Å². The maximum atomic E-state index is 10.9. The van der Waals surface area contributed by atoms with Gasteiger partial charge in [0.25, 0.3) is 0 Å². The molecule has 0 atom stereocenters. The molecule has 1 N–H and O–H groups in total. The molecule has 94 valence electrons. The van der Waals surface area contributed by atoms with E-state index in [9.17, 15) is 10.1 Å². The molecular weight excluding hydrogens is 238 g/mol. The molecule has 8 nitrogen and oxygen atoms in total. The predicted octanol–water partition coefficient (Wildman–Crippen LogP) is 1.56. The Balaban J connectivity index is 2.37. The van der Waals surface area contributed by atoms with E-state index in [1.54, 1.807) is 20.3 Å². The van der Waals surface area contributed by atoms with E-state index in [1.165, 1.54) is 23.0 Å². The molecule has 2 rings (SSSR count). The number of nitro groups is 1. The van der Waals surface area contributed by atoms with Crippen LogP contribution in [0.3, 0.4) is 0 Å². The highest BCUT2D eigenvalue weighted by Crippen LogP contribution is 2.30. The summed E-state index contributed by atoms with van der Waals surface area (Å²) in [6.45, 7) is 0. The third-order valence-corrected chi connectivity index (χ3v) is 2.19. The number of rotatable bonds is 4. The molecule has 2 aromatic heterocycles. The van der Waals surface area contributed by atoms with E-state index in [0.717, 1.165) is 0 Å². The fraction of sp³-hybridized carbons (Fsp3) is 0.200. The zero-order valence-electron chi connectivity index (χ0n) is 9.82. The number of anilines is 1. The summed E-state index contributed by atoms with van der Waals surface area (Å²) in [4.78, 5) is 14.3. The third-order valence-electron chi connectivity index (χ3n) is 2.19. The summed E-state index contributed by atoms with van der Waals surface area (Å²) in [5.74, 6) is 0.806. The van der Waals surface area contributed by atoms with Gasteiger partial charge >= 0.3 is 11.6 Å². The predicted molar refractivity (Wildman–Crippen MR) is 63.7 cm³/mol. The Morgan fingerprint density at radius 2 is 2.28 bits per heavy atom. The zero-order valence-corrected chi connectivity index (χ0v) is 9.82. The van der Waals surface area contributed by atoms with Crippen molar-refractivity contribution in [3.05, 3.63) is 34.6 Å². The van der Waals surface area contributed by atoms with Gasteiger partial charge < -0.3 is 10.1 Å². The fourth-order valence-electron chi connectivity index (χ4n) is 1.35. The van der Waals surface area contributed by atoms with Gasteiger partial charge in [0.05, 0.1) is 17.3 Å². The molecule has 0 aliphatic carbocycles. The fourth-order valence-corrected chi connectivity index (χ4v) is 1.35. The third kappa shape index (κ3) is 2.37. The molecule has 0 aliphatic heterocycles. The lowest BCUT2D eigenvalue weighted by molar-refractivity contribution is -0.386. The molecule has 18 heavy (non-hydrogen) atoms. The molecule has 0 saturated heterocycles. The van der Waals surface area contributed by atoms with Crippen molar-refractivity contribution in [3.8, 4) is 11.6 Å². The average Bonchev–Trinajstić information content (AvgIpc) is 2.74. The molecule has 0 amide bonds. The number of hydrogen-bond donors (Lipinski definition) is 1. The number of aryl methyl sites for hydroxylation is 1. The lowest BCUT2D eigenvalue weighted by Crippen LogP contribution is -1.99. The van der Waals surface area contributed by atoms with Gasteiger partial charge in [0.2, 0.25) is 0 Å². The maximum Gasteiger partial charge on any atom is 0.331 e. The van der Waals surface area contributed by atoms with Crippen molar-refractivity contribution in [3.63, 3.8) is 0 Å². The van der Waals surface area contributed by atoms with E-state index < -0.39 is 4.92 Å². The molecule has 0 aliphatic rings. The van der Waals surface area contributed by atoms with Gasteiger partial charge in [-0.05, 0) is 6.07 Å². The van der Waals surface area contributed by atoms with Crippen molar-refractivity contribution in [2.24, 2.45) is 7.05 Å². The summed E-state index contributed by atoms with van der Waals surface area (Å²) in [5.41, 5.74) is -0.196. The van der Waals surface area contributed by atoms with Gasteiger partial charge in [-0.25, -0.2) is 0 Å². The Bertz CT molecular complexity index is 581. The second-order valence-corrected chi connectivity index (χ2v) is 3.48. The van der Waals surface area contributed by atoms with Crippen molar-refractivity contribution in [1.82, 2.24) is 14.8 Å². The van der Waals surface area contributed by atoms with E-state index in [0.29, 0.717) is 11.6 Å². The zero-order chi connectivity index (χ0) is 13.1. The molecule has 0 radical (unpaired) electrons. The van der Waals surface area contributed by atoms with Crippen LogP contribution >= 0.6 is 0 Å². The van der Waals surface area contributed by atoms with Crippen LogP contribution in [0.5, 0.6) is 11.6 Å². The van der Waals surface area contributed by atoms with E-state index >= 15 is 0 Å². The number of ether oxygens (including phenoxy) is 1. The smallest absolute Gasteiger partial charge is 0.331 e. The average molecular weight is 249 g/mol. The molecule has 2 heterocycles. The van der Waals surface area contributed by atoms with Crippen LogP contribution in [-0.2, 0) is 7.05 Å². The molecule has 0 aromatic carbocycles. The topological polar surface area (TPSA) is 95.1 Å². The Kier molecular flexibility index (Phi) is 3.09. The van der Waals surface area contributed by atoms with Gasteiger partial charge in [0, 0.05) is 20.2 Å². The first-order valence-corrected chi connectivity index (χ1v) is 5.10. The molecule has 2 aromatic rings. The highest BCUT2D eigenvalue weighted by atomic mass is 16.6. The second kappa shape index (κ2) is 4.70. The number of aromatic nitrogens is 3. The largest absolute Gasteiger partial charge is 0.430 e. The lowest BCUT2D eigenvalue weighted by atomic mass is 10.4. The minimum Gasteiger partial charge on any atom is -0.430 e. The maximum absolute atomic E-state index is 10.9. The van der Waals surface area contributed by atoms with Gasteiger partial charge in [0.1, 0.15) is 5.82 Å². The van der Waals surface area contributed by atoms with Crippen LogP contribution in [-0.4, -0.2) is 26.7 Å². The van der Waals surface area contributed by atoms with Gasteiger partial charge in [-0.2, -0.15) is 10.1 Å². The Labute approximate surface area is 102 Å². The van der Waals surface area contributed by atoms with Crippen molar-refractivity contribution >= 4 is 11.5 Å². The molecule has 0 fully saturated rings. The quantitative estimate of drug-likeness (QED) is 0.652. The first-order valence-electron chi connectivity index (χ1n) is 5.10. The summed E-state index contributed by atoms with van der Waals surface area (Å²) in [6.07, 6.45) is 3.05. The molecular formula is C10H11N5O3. The van der Waals surface area contributed by atoms with Crippen molar-refractivity contribution in [2.75, 3.05) is 12.4 Å². The normalized spacial score (nSPS) is 10.1. The van der Waals surface area contributed by atoms with Gasteiger partial charge in [-0.15, -0.1) is 0 Å². The van der Waals surface area contributed by atoms with Crippen LogP contribution < -0.4 is 10.1 Å². The van der Waals surface area contributed by atoms with E-state index in [-0.39, 0.29) is 11.6 Å². The molecule has 0 spiro atoms. The van der Waals surface area contributed by atoms with Crippen LogP contribution in [0.1, 0.15) is 0 Å². The Morgan fingerprint density at radius 1 is 1.50 bits per heavy atom. The SMILES string of the molecule is CNc1ccc([N+](=O)[O-])c(Oc2cnn(C)c2)n1. The first kappa shape index (κ1) is 11.8. The van der Waals surface area contributed by atoms with Gasteiger partial charge in [0.15, 0.2) is 5.75 Å². The minimum absolute atomic E-state index is 0.0696. The number of nitrogens with zero attached hydrogens (tertiary/aromatic N) is 4. The number of nitrogens with one attached hydrogen (secondary N) is 1. The highest BCUT2D eigenvalue weighted by molar-refractivity contribution is 5.49. The van der Waals surface area contributed by atoms with Crippen molar-refractivity contribution in [1.29, 1.82) is 0 Å². The molecule has 0 bridgehead atoms. The summed E-state index contributed by atoms with van der Waals surface area (Å²) in [7, 11) is 3.39. The van der Waals surface area contributed by atoms with Gasteiger partial charge in [-0.1, -0.05) is 0 Å². The monoisotopic (exact) mass is 249 g/mol. The Morgan fingerprint density at radius 3 is 2.83 bits per heavy atom. The summed E-state index contributed by atoms with van der Waals surface area (Å²) in [5, 5.41) is 17.6. The first-order chi connectivity index (χ1) is 8.60. The van der Waals surface area contributed by atoms with Crippen LogP contribution in [0.15, 0.2) is 24.5 Å². The van der Waals surface area contributed by atoms with Crippen LogP contribution in [0.2, 0.25) is 0 Å². The van der Waals surface area contributed by atoms with Crippen LogP contribution in [0.4, 0.5) is 11.5 Å². The van der Waals surface area contributed by atoms with Crippen LogP contribution in [0.25, 0.3) is 0 Å². The molecule has 8 heteroatoms. The summed E-state index contributed by atoms with van der Waals surface area (Å²) in [6, 6.07) is 2.85. The van der Waals surface area contributed by atoms with Crippen molar-refractivity contribution in [2.45, 2.75) is 0 Å². The highest BCUT2D eigenvalue weighted by Gasteiger charge is 2.18. The molecule has 0 saturated carbocycles.